The van der Waals surface area contributed by atoms with Crippen molar-refractivity contribution in [3.63, 3.8) is 0 Å². The second-order valence-corrected chi connectivity index (χ2v) is 9.58. The average Bonchev–Trinajstić information content (AvgIpc) is 2.59. The summed E-state index contributed by atoms with van der Waals surface area (Å²) >= 11 is 9.07. The Morgan fingerprint density at radius 2 is 1.68 bits per heavy atom. The van der Waals surface area contributed by atoms with Gasteiger partial charge in [-0.2, -0.15) is 16.8 Å². The van der Waals surface area contributed by atoms with Gasteiger partial charge < -0.3 is 0 Å². The van der Waals surface area contributed by atoms with Crippen molar-refractivity contribution in [3.8, 4) is 0 Å². The quantitative estimate of drug-likeness (QED) is 0.287. The van der Waals surface area contributed by atoms with Gasteiger partial charge >= 0.3 is 0 Å². The minimum atomic E-state index is -5.55. The van der Waals surface area contributed by atoms with Gasteiger partial charge in [-0.1, -0.05) is 48.6 Å². The maximum atomic E-state index is 12.4. The Bertz CT molecular complexity index is 1080. The van der Waals surface area contributed by atoms with Crippen LogP contribution in [0.15, 0.2) is 58.5 Å². The summed E-state index contributed by atoms with van der Waals surface area (Å²) in [6.07, 6.45) is 4.67. The van der Waals surface area contributed by atoms with E-state index in [1.54, 1.807) is 30.3 Å². The molecule has 1 aromatic rings. The molecule has 2 unspecified atom stereocenters. The number of benzene rings is 1. The molecule has 148 valence electrons. The summed E-state index contributed by atoms with van der Waals surface area (Å²) in [5.74, 6) is 0. The Labute approximate surface area is 172 Å². The lowest BCUT2D eigenvalue weighted by atomic mass is 9.83. The van der Waals surface area contributed by atoms with Crippen molar-refractivity contribution in [2.45, 2.75) is 22.1 Å². The highest BCUT2D eigenvalue weighted by molar-refractivity contribution is 8.05. The third-order valence-electron chi connectivity index (χ3n) is 4.26. The first-order valence-corrected chi connectivity index (χ1v) is 11.3. The van der Waals surface area contributed by atoms with Crippen molar-refractivity contribution in [2.75, 3.05) is 0 Å². The molecular formula is C16H14N2O6S4. The molecule has 0 spiro atoms. The Morgan fingerprint density at radius 3 is 2.18 bits per heavy atom. The molecule has 2 N–H and O–H groups in total. The van der Waals surface area contributed by atoms with E-state index in [-0.39, 0.29) is 6.42 Å². The van der Waals surface area contributed by atoms with Crippen LogP contribution in [-0.4, -0.2) is 51.9 Å². The smallest absolute Gasteiger partial charge is 0.284 e. The molecule has 2 rings (SSSR count). The molecule has 1 aliphatic carbocycles. The third kappa shape index (κ3) is 3.69. The topological polar surface area (TPSA) is 133 Å². The van der Waals surface area contributed by atoms with Gasteiger partial charge in [-0.25, -0.2) is 9.98 Å². The van der Waals surface area contributed by atoms with Crippen molar-refractivity contribution in [3.05, 3.63) is 54.1 Å². The molecular weight excluding hydrogens is 444 g/mol. The molecule has 0 saturated carbocycles. The maximum absolute atomic E-state index is 12.4. The molecule has 1 aliphatic rings. The van der Waals surface area contributed by atoms with E-state index in [1.165, 1.54) is 12.2 Å². The molecule has 0 fully saturated rings. The zero-order valence-corrected chi connectivity index (χ0v) is 17.3. The summed E-state index contributed by atoms with van der Waals surface area (Å²) in [6.45, 7) is 0. The van der Waals surface area contributed by atoms with Gasteiger partial charge in [0.25, 0.3) is 24.3 Å². The Balaban J connectivity index is 3.00. The highest BCUT2D eigenvalue weighted by Gasteiger charge is 2.72. The highest BCUT2D eigenvalue weighted by atomic mass is 32.3. The minimum Gasteiger partial charge on any atom is -0.284 e. The fraction of sp³-hybridized carbons (Fsp3) is 0.250. The highest BCUT2D eigenvalue weighted by Crippen LogP contribution is 2.48. The van der Waals surface area contributed by atoms with E-state index in [4.69, 9.17) is 0 Å². The SMILES string of the molecule is O=S(=O)(O)C1(S(=O)(=O)O)C(N=C=S)CC=CC1(C=Cc1ccccc1)N=C=S. The maximum Gasteiger partial charge on any atom is 0.293 e. The molecule has 0 aliphatic heterocycles. The van der Waals surface area contributed by atoms with Crippen molar-refractivity contribution in [1.82, 2.24) is 0 Å². The van der Waals surface area contributed by atoms with Crippen LogP contribution in [0.2, 0.25) is 0 Å². The molecule has 28 heavy (non-hydrogen) atoms. The lowest BCUT2D eigenvalue weighted by Gasteiger charge is -2.43. The molecule has 0 heterocycles. The van der Waals surface area contributed by atoms with E-state index in [1.807, 2.05) is 10.3 Å². The van der Waals surface area contributed by atoms with Crippen LogP contribution in [0.5, 0.6) is 0 Å². The predicted octanol–water partition coefficient (Wildman–Crippen LogP) is 2.44. The van der Waals surface area contributed by atoms with Gasteiger partial charge in [0, 0.05) is 0 Å². The molecule has 0 saturated heterocycles. The van der Waals surface area contributed by atoms with Gasteiger partial charge in [0.15, 0.2) is 0 Å². The Kier molecular flexibility index (Phi) is 6.59. The van der Waals surface area contributed by atoms with Crippen LogP contribution in [0.1, 0.15) is 12.0 Å². The van der Waals surface area contributed by atoms with Crippen LogP contribution in [0.25, 0.3) is 6.08 Å². The molecule has 8 nitrogen and oxygen atoms in total. The fourth-order valence-corrected chi connectivity index (χ4v) is 6.71. The lowest BCUT2D eigenvalue weighted by molar-refractivity contribution is 0.348. The largest absolute Gasteiger partial charge is 0.293 e. The average molecular weight is 459 g/mol. The lowest BCUT2D eigenvalue weighted by Crippen LogP contribution is -2.68. The Morgan fingerprint density at radius 1 is 1.07 bits per heavy atom. The summed E-state index contributed by atoms with van der Waals surface area (Å²) < 4.78 is 66.5. The summed E-state index contributed by atoms with van der Waals surface area (Å²) in [7, 11) is -11.1. The molecule has 0 aromatic heterocycles. The van der Waals surface area contributed by atoms with E-state index in [0.29, 0.717) is 5.56 Å². The van der Waals surface area contributed by atoms with E-state index in [0.717, 1.165) is 12.2 Å². The van der Waals surface area contributed by atoms with Crippen molar-refractivity contribution < 1.29 is 25.9 Å². The molecule has 0 bridgehead atoms. The van der Waals surface area contributed by atoms with Crippen molar-refractivity contribution >= 4 is 61.1 Å². The zero-order chi connectivity index (χ0) is 21.1. The number of hydrogen-bond acceptors (Lipinski definition) is 8. The van der Waals surface area contributed by atoms with Crippen LogP contribution in [0, 0.1) is 0 Å². The first-order chi connectivity index (χ1) is 13.1. The summed E-state index contributed by atoms with van der Waals surface area (Å²) in [6, 6.07) is 6.72. The number of thiocarbonyl (C=S) groups is 2. The van der Waals surface area contributed by atoms with Gasteiger partial charge in [-0.15, -0.1) is 0 Å². The predicted molar refractivity (Wildman–Crippen MR) is 112 cm³/mol. The molecule has 1 aromatic carbocycles. The van der Waals surface area contributed by atoms with Gasteiger partial charge in [0.05, 0.1) is 10.3 Å². The first kappa shape index (κ1) is 22.4. The number of rotatable bonds is 6. The minimum absolute atomic E-state index is 0.281. The van der Waals surface area contributed by atoms with Crippen LogP contribution in [0.3, 0.4) is 0 Å². The van der Waals surface area contributed by atoms with Crippen LogP contribution >= 0.6 is 24.4 Å². The molecule has 0 amide bonds. The first-order valence-electron chi connectivity index (χ1n) is 7.58. The van der Waals surface area contributed by atoms with Gasteiger partial charge in [-0.05, 0) is 42.5 Å². The number of aliphatic imine (C=N–C) groups is 2. The Hall–Kier alpha value is -1.88. The fourth-order valence-electron chi connectivity index (χ4n) is 3.19. The van der Waals surface area contributed by atoms with Gasteiger partial charge in [-0.3, -0.25) is 9.11 Å². The monoisotopic (exact) mass is 458 g/mol. The number of hydrogen-bond donors (Lipinski definition) is 2. The van der Waals surface area contributed by atoms with E-state index in [9.17, 15) is 25.9 Å². The van der Waals surface area contributed by atoms with Crippen molar-refractivity contribution in [1.29, 1.82) is 0 Å². The third-order valence-corrected chi connectivity index (χ3v) is 8.45. The number of nitrogens with zero attached hydrogens (tertiary/aromatic N) is 2. The summed E-state index contributed by atoms with van der Waals surface area (Å²) in [4.78, 5) is 7.32. The van der Waals surface area contributed by atoms with Crippen LogP contribution < -0.4 is 0 Å². The van der Waals surface area contributed by atoms with E-state index >= 15 is 0 Å². The standard InChI is InChI=1S/C16H14N2O6S4/c19-27(20,21)16(28(22,23)24)14(17-11-25)7-4-9-15(16,18-12-26)10-8-13-5-2-1-3-6-13/h1-6,8-10,14H,7H2,(H,19,20,21)(H,22,23,24). The zero-order valence-electron chi connectivity index (χ0n) is 14.0. The van der Waals surface area contributed by atoms with Crippen molar-refractivity contribution in [2.24, 2.45) is 9.98 Å². The molecule has 0 radical (unpaired) electrons. The second kappa shape index (κ2) is 8.24. The van der Waals surface area contributed by atoms with Crippen LogP contribution in [-0.2, 0) is 20.2 Å². The normalized spacial score (nSPS) is 24.3. The van der Waals surface area contributed by atoms with Crippen LogP contribution in [0.4, 0.5) is 0 Å². The second-order valence-electron chi connectivity index (χ2n) is 5.76. The van der Waals surface area contributed by atoms with E-state index in [2.05, 4.69) is 34.4 Å². The summed E-state index contributed by atoms with van der Waals surface area (Å²) in [5.41, 5.74) is -1.81. The van der Waals surface area contributed by atoms with Gasteiger partial charge in [0.1, 0.15) is 11.6 Å². The number of isothiocyanates is 2. The molecule has 2 atom stereocenters. The summed E-state index contributed by atoms with van der Waals surface area (Å²) in [5, 5.41) is 3.84. The molecule has 12 heteroatoms. The van der Waals surface area contributed by atoms with E-state index < -0.39 is 35.9 Å². The van der Waals surface area contributed by atoms with Gasteiger partial charge in [0.2, 0.25) is 0 Å².